The van der Waals surface area contributed by atoms with Gasteiger partial charge in [0, 0.05) is 37.4 Å². The summed E-state index contributed by atoms with van der Waals surface area (Å²) >= 11 is 1.43. The summed E-state index contributed by atoms with van der Waals surface area (Å²) in [7, 11) is 2.14. The molecule has 0 spiro atoms. The highest BCUT2D eigenvalue weighted by Gasteiger charge is 2.15. The number of piperazine rings is 1. The number of thiophene rings is 1. The van der Waals surface area contributed by atoms with E-state index in [1.54, 1.807) is 0 Å². The van der Waals surface area contributed by atoms with Crippen molar-refractivity contribution in [3.8, 4) is 11.3 Å². The van der Waals surface area contributed by atoms with Crippen LogP contribution >= 0.6 is 11.3 Å². The van der Waals surface area contributed by atoms with Gasteiger partial charge in [-0.2, -0.15) is 0 Å². The van der Waals surface area contributed by atoms with Gasteiger partial charge in [0.05, 0.1) is 10.6 Å². The molecule has 1 aromatic carbocycles. The monoisotopic (exact) mass is 379 g/mol. The van der Waals surface area contributed by atoms with E-state index in [0.717, 1.165) is 48.9 Å². The molecular formula is C20H21N5OS. The molecule has 0 unspecified atom stereocenters. The molecule has 1 amide bonds. The fourth-order valence-electron chi connectivity index (χ4n) is 3.01. The molecule has 7 heteroatoms. The van der Waals surface area contributed by atoms with Crippen molar-refractivity contribution in [2.45, 2.75) is 0 Å². The molecule has 1 N–H and O–H groups in total. The van der Waals surface area contributed by atoms with Gasteiger partial charge < -0.3 is 15.1 Å². The third-order valence-corrected chi connectivity index (χ3v) is 5.53. The lowest BCUT2D eigenvalue weighted by atomic mass is 10.1. The van der Waals surface area contributed by atoms with E-state index in [2.05, 4.69) is 32.4 Å². The summed E-state index contributed by atoms with van der Waals surface area (Å²) in [4.78, 5) is 17.4. The lowest BCUT2D eigenvalue weighted by Crippen LogP contribution is -2.44. The number of nitrogens with zero attached hydrogens (tertiary/aromatic N) is 4. The molecule has 1 aliphatic rings. The van der Waals surface area contributed by atoms with E-state index in [4.69, 9.17) is 0 Å². The number of anilines is 2. The van der Waals surface area contributed by atoms with Gasteiger partial charge in [0.1, 0.15) is 0 Å². The van der Waals surface area contributed by atoms with Crippen molar-refractivity contribution in [1.82, 2.24) is 15.1 Å². The molecule has 3 heterocycles. The van der Waals surface area contributed by atoms with Crippen LogP contribution in [0.3, 0.4) is 0 Å². The van der Waals surface area contributed by atoms with Gasteiger partial charge in [-0.3, -0.25) is 4.79 Å². The zero-order valence-electron chi connectivity index (χ0n) is 15.1. The number of rotatable bonds is 4. The summed E-state index contributed by atoms with van der Waals surface area (Å²) in [6.07, 6.45) is 0. The largest absolute Gasteiger partial charge is 0.353 e. The highest BCUT2D eigenvalue weighted by atomic mass is 32.1. The predicted molar refractivity (Wildman–Crippen MR) is 109 cm³/mol. The van der Waals surface area contributed by atoms with Crippen LogP contribution in [0.25, 0.3) is 11.3 Å². The molecule has 0 radical (unpaired) electrons. The number of nitrogens with one attached hydrogen (secondary N) is 1. The van der Waals surface area contributed by atoms with Gasteiger partial charge in [-0.25, -0.2) is 0 Å². The molecule has 0 atom stereocenters. The molecule has 0 saturated carbocycles. The van der Waals surface area contributed by atoms with Crippen LogP contribution in [0.1, 0.15) is 9.67 Å². The zero-order valence-corrected chi connectivity index (χ0v) is 15.9. The SMILES string of the molecule is CN1CCN(c2ccc(-c3ccc(NC(=O)c4cccs4)cc3)nn2)CC1. The smallest absolute Gasteiger partial charge is 0.265 e. The van der Waals surface area contributed by atoms with Crippen LogP contribution in [0.2, 0.25) is 0 Å². The Morgan fingerprint density at radius 1 is 1.00 bits per heavy atom. The Morgan fingerprint density at radius 3 is 2.41 bits per heavy atom. The molecule has 4 rings (SSSR count). The number of hydrogen-bond donors (Lipinski definition) is 1. The molecule has 6 nitrogen and oxygen atoms in total. The van der Waals surface area contributed by atoms with E-state index in [0.29, 0.717) is 4.88 Å². The third-order valence-electron chi connectivity index (χ3n) is 4.66. The van der Waals surface area contributed by atoms with E-state index in [-0.39, 0.29) is 5.91 Å². The van der Waals surface area contributed by atoms with Crippen LogP contribution in [0.4, 0.5) is 11.5 Å². The fourth-order valence-corrected chi connectivity index (χ4v) is 3.63. The Bertz CT molecular complexity index is 885. The molecule has 1 fully saturated rings. The molecule has 1 saturated heterocycles. The van der Waals surface area contributed by atoms with Gasteiger partial charge in [0.25, 0.3) is 5.91 Å². The molecule has 2 aromatic heterocycles. The van der Waals surface area contributed by atoms with Crippen LogP contribution in [-0.4, -0.2) is 54.2 Å². The number of carbonyl (C=O) groups excluding carboxylic acids is 1. The first-order valence-electron chi connectivity index (χ1n) is 8.91. The van der Waals surface area contributed by atoms with Gasteiger partial charge >= 0.3 is 0 Å². The second kappa shape index (κ2) is 7.85. The Hall–Kier alpha value is -2.77. The maximum Gasteiger partial charge on any atom is 0.265 e. The quantitative estimate of drug-likeness (QED) is 0.754. The number of carbonyl (C=O) groups is 1. The summed E-state index contributed by atoms with van der Waals surface area (Å²) in [6, 6.07) is 15.4. The first kappa shape index (κ1) is 17.6. The van der Waals surface area contributed by atoms with Crippen molar-refractivity contribution in [1.29, 1.82) is 0 Å². The standard InChI is InChI=1S/C20H21N5OS/c1-24-10-12-25(13-11-24)19-9-8-17(22-23-19)15-4-6-16(7-5-15)21-20(26)18-3-2-14-27-18/h2-9,14H,10-13H2,1H3,(H,21,26). The molecule has 27 heavy (non-hydrogen) atoms. The van der Waals surface area contributed by atoms with Crippen molar-refractivity contribution in [3.05, 3.63) is 58.8 Å². The van der Waals surface area contributed by atoms with Crippen molar-refractivity contribution in [2.24, 2.45) is 0 Å². The minimum absolute atomic E-state index is 0.0888. The first-order valence-corrected chi connectivity index (χ1v) is 9.79. The summed E-state index contributed by atoms with van der Waals surface area (Å²) in [5, 5.41) is 13.6. The lowest BCUT2D eigenvalue weighted by molar-refractivity contribution is 0.103. The number of likely N-dealkylation sites (N-methyl/N-ethyl adjacent to an activating group) is 1. The Kier molecular flexibility index (Phi) is 5.13. The highest BCUT2D eigenvalue weighted by Crippen LogP contribution is 2.22. The highest BCUT2D eigenvalue weighted by molar-refractivity contribution is 7.12. The maximum absolute atomic E-state index is 12.1. The summed E-state index contributed by atoms with van der Waals surface area (Å²) in [6.45, 7) is 4.04. The third kappa shape index (κ3) is 4.15. The van der Waals surface area contributed by atoms with Crippen molar-refractivity contribution in [2.75, 3.05) is 43.4 Å². The van der Waals surface area contributed by atoms with Crippen molar-refractivity contribution in [3.63, 3.8) is 0 Å². The van der Waals surface area contributed by atoms with Crippen LogP contribution in [0, 0.1) is 0 Å². The van der Waals surface area contributed by atoms with Crippen LogP contribution < -0.4 is 10.2 Å². The molecule has 138 valence electrons. The topological polar surface area (TPSA) is 61.4 Å². The van der Waals surface area contributed by atoms with Crippen LogP contribution in [-0.2, 0) is 0 Å². The van der Waals surface area contributed by atoms with Gasteiger partial charge in [0.2, 0.25) is 0 Å². The molecule has 0 aliphatic carbocycles. The van der Waals surface area contributed by atoms with Crippen LogP contribution in [0.5, 0.6) is 0 Å². The minimum atomic E-state index is -0.0888. The maximum atomic E-state index is 12.1. The van der Waals surface area contributed by atoms with E-state index in [1.165, 1.54) is 11.3 Å². The Morgan fingerprint density at radius 2 is 1.78 bits per heavy atom. The van der Waals surface area contributed by atoms with Gasteiger partial charge in [-0.05, 0) is 42.8 Å². The van der Waals surface area contributed by atoms with E-state index in [1.807, 2.05) is 53.9 Å². The first-order chi connectivity index (χ1) is 13.2. The Labute approximate surface area is 162 Å². The molecule has 0 bridgehead atoms. The van der Waals surface area contributed by atoms with E-state index in [9.17, 15) is 4.79 Å². The average molecular weight is 379 g/mol. The number of amides is 1. The second-order valence-electron chi connectivity index (χ2n) is 6.58. The zero-order chi connectivity index (χ0) is 18.6. The van der Waals surface area contributed by atoms with Crippen molar-refractivity contribution >= 4 is 28.7 Å². The van der Waals surface area contributed by atoms with Crippen molar-refractivity contribution < 1.29 is 4.79 Å². The number of hydrogen-bond acceptors (Lipinski definition) is 6. The van der Waals surface area contributed by atoms with Crippen LogP contribution in [0.15, 0.2) is 53.9 Å². The number of aromatic nitrogens is 2. The minimum Gasteiger partial charge on any atom is -0.353 e. The predicted octanol–water partition coefficient (Wildman–Crippen LogP) is 3.21. The molecular weight excluding hydrogens is 358 g/mol. The summed E-state index contributed by atoms with van der Waals surface area (Å²) in [5.74, 6) is 0.834. The Balaban J connectivity index is 1.42. The number of benzene rings is 1. The fraction of sp³-hybridized carbons (Fsp3) is 0.250. The molecule has 3 aromatic rings. The normalized spacial score (nSPS) is 14.9. The van der Waals surface area contributed by atoms with E-state index >= 15 is 0 Å². The second-order valence-corrected chi connectivity index (χ2v) is 7.52. The molecule has 1 aliphatic heterocycles. The summed E-state index contributed by atoms with van der Waals surface area (Å²) < 4.78 is 0. The summed E-state index contributed by atoms with van der Waals surface area (Å²) in [5.41, 5.74) is 2.56. The lowest BCUT2D eigenvalue weighted by Gasteiger charge is -2.32. The van der Waals surface area contributed by atoms with Gasteiger partial charge in [0.15, 0.2) is 5.82 Å². The van der Waals surface area contributed by atoms with Gasteiger partial charge in [-0.1, -0.05) is 18.2 Å². The van der Waals surface area contributed by atoms with E-state index < -0.39 is 0 Å². The average Bonchev–Trinajstić information content (AvgIpc) is 3.24. The van der Waals surface area contributed by atoms with Gasteiger partial charge in [-0.15, -0.1) is 21.5 Å².